The first-order valence-electron chi connectivity index (χ1n) is 9.22. The Balaban J connectivity index is 1.68. The van der Waals surface area contributed by atoms with Crippen molar-refractivity contribution in [2.75, 3.05) is 26.6 Å². The maximum absolute atomic E-state index is 12.7. The van der Waals surface area contributed by atoms with Crippen molar-refractivity contribution < 1.29 is 14.3 Å². The van der Waals surface area contributed by atoms with Crippen LogP contribution >= 0.6 is 0 Å². The third kappa shape index (κ3) is 4.43. The number of amides is 1. The lowest BCUT2D eigenvalue weighted by atomic mass is 10.1. The van der Waals surface area contributed by atoms with E-state index in [1.807, 2.05) is 73.5 Å². The van der Waals surface area contributed by atoms with E-state index in [2.05, 4.69) is 11.4 Å². The molecule has 5 heteroatoms. The highest BCUT2D eigenvalue weighted by Gasteiger charge is 2.20. The molecule has 0 aliphatic carbocycles. The fourth-order valence-corrected chi connectivity index (χ4v) is 3.10. The van der Waals surface area contributed by atoms with Crippen molar-refractivity contribution in [3.8, 4) is 11.5 Å². The molecule has 5 nitrogen and oxygen atoms in total. The standard InChI is InChI=1S/C23H26N2O3/c1-16(25(2)15-19-10-12-21(27-3)14-22(19)28-4)23(26)24-20-11-9-17-7-5-6-8-18(17)13-20/h5-14,16H,15H2,1-4H3,(H,24,26)/t16-/m0/s1. The van der Waals surface area contributed by atoms with Gasteiger partial charge in [-0.3, -0.25) is 9.69 Å². The number of likely N-dealkylation sites (N-methyl/N-ethyl adjacent to an activating group) is 1. The Morgan fingerprint density at radius 3 is 2.46 bits per heavy atom. The van der Waals surface area contributed by atoms with E-state index in [0.29, 0.717) is 6.54 Å². The van der Waals surface area contributed by atoms with Gasteiger partial charge in [0.05, 0.1) is 20.3 Å². The number of carbonyl (C=O) groups is 1. The zero-order chi connectivity index (χ0) is 20.1. The van der Waals surface area contributed by atoms with E-state index in [-0.39, 0.29) is 11.9 Å². The number of nitrogens with one attached hydrogen (secondary N) is 1. The van der Waals surface area contributed by atoms with Gasteiger partial charge in [0.15, 0.2) is 0 Å². The minimum Gasteiger partial charge on any atom is -0.497 e. The Hall–Kier alpha value is -3.05. The molecule has 1 atom stereocenters. The maximum atomic E-state index is 12.7. The molecule has 0 fully saturated rings. The molecule has 0 spiro atoms. The molecule has 3 rings (SSSR count). The summed E-state index contributed by atoms with van der Waals surface area (Å²) < 4.78 is 10.7. The lowest BCUT2D eigenvalue weighted by molar-refractivity contribution is -0.120. The second-order valence-electron chi connectivity index (χ2n) is 6.82. The Labute approximate surface area is 165 Å². The Bertz CT molecular complexity index is 971. The molecular formula is C23H26N2O3. The zero-order valence-corrected chi connectivity index (χ0v) is 16.7. The molecule has 0 aromatic heterocycles. The number of methoxy groups -OCH3 is 2. The molecule has 3 aromatic carbocycles. The lowest BCUT2D eigenvalue weighted by Gasteiger charge is -2.25. The number of fused-ring (bicyclic) bond motifs is 1. The minimum absolute atomic E-state index is 0.0507. The highest BCUT2D eigenvalue weighted by atomic mass is 16.5. The maximum Gasteiger partial charge on any atom is 0.241 e. The van der Waals surface area contributed by atoms with Gasteiger partial charge in [0.1, 0.15) is 11.5 Å². The molecule has 146 valence electrons. The van der Waals surface area contributed by atoms with Gasteiger partial charge in [-0.25, -0.2) is 0 Å². The van der Waals surface area contributed by atoms with Gasteiger partial charge < -0.3 is 14.8 Å². The van der Waals surface area contributed by atoms with Crippen molar-refractivity contribution in [2.45, 2.75) is 19.5 Å². The van der Waals surface area contributed by atoms with Gasteiger partial charge in [-0.2, -0.15) is 0 Å². The quantitative estimate of drug-likeness (QED) is 0.665. The number of rotatable bonds is 7. The average molecular weight is 378 g/mol. The first-order chi connectivity index (χ1) is 13.5. The topological polar surface area (TPSA) is 50.8 Å². The first kappa shape index (κ1) is 19.7. The fourth-order valence-electron chi connectivity index (χ4n) is 3.10. The zero-order valence-electron chi connectivity index (χ0n) is 16.7. The predicted molar refractivity (Wildman–Crippen MR) is 113 cm³/mol. The molecule has 3 aromatic rings. The summed E-state index contributed by atoms with van der Waals surface area (Å²) in [5.41, 5.74) is 1.79. The van der Waals surface area contributed by atoms with Gasteiger partial charge in [-0.15, -0.1) is 0 Å². The summed E-state index contributed by atoms with van der Waals surface area (Å²) in [6.07, 6.45) is 0. The van der Waals surface area contributed by atoms with Crippen molar-refractivity contribution in [1.29, 1.82) is 0 Å². The normalized spacial score (nSPS) is 12.0. The summed E-state index contributed by atoms with van der Waals surface area (Å²) in [7, 11) is 5.18. The molecule has 0 saturated carbocycles. The molecule has 0 bridgehead atoms. The Morgan fingerprint density at radius 2 is 1.75 bits per heavy atom. The van der Waals surface area contributed by atoms with Crippen LogP contribution in [-0.4, -0.2) is 38.1 Å². The largest absolute Gasteiger partial charge is 0.497 e. The summed E-state index contributed by atoms with van der Waals surface area (Å²) in [5, 5.41) is 5.27. The second-order valence-corrected chi connectivity index (χ2v) is 6.82. The van der Waals surface area contributed by atoms with E-state index < -0.39 is 0 Å². The van der Waals surface area contributed by atoms with Gasteiger partial charge in [0.2, 0.25) is 5.91 Å². The van der Waals surface area contributed by atoms with Crippen LogP contribution in [0.5, 0.6) is 11.5 Å². The SMILES string of the molecule is COc1ccc(CN(C)[C@@H](C)C(=O)Nc2ccc3ccccc3c2)c(OC)c1. The van der Waals surface area contributed by atoms with E-state index in [1.54, 1.807) is 14.2 Å². The molecule has 0 saturated heterocycles. The number of hydrogen-bond donors (Lipinski definition) is 1. The smallest absolute Gasteiger partial charge is 0.241 e. The van der Waals surface area contributed by atoms with Gasteiger partial charge in [-0.05, 0) is 42.9 Å². The van der Waals surface area contributed by atoms with E-state index in [4.69, 9.17) is 9.47 Å². The number of ether oxygens (including phenoxy) is 2. The van der Waals surface area contributed by atoms with Crippen LogP contribution in [0.1, 0.15) is 12.5 Å². The van der Waals surface area contributed by atoms with Crippen LogP contribution in [0.25, 0.3) is 10.8 Å². The molecule has 1 N–H and O–H groups in total. The van der Waals surface area contributed by atoms with Crippen LogP contribution in [0.4, 0.5) is 5.69 Å². The summed E-state index contributed by atoms with van der Waals surface area (Å²) in [4.78, 5) is 14.7. The number of carbonyl (C=O) groups excluding carboxylic acids is 1. The van der Waals surface area contributed by atoms with E-state index in [0.717, 1.165) is 33.5 Å². The Kier molecular flexibility index (Phi) is 6.16. The molecule has 0 aliphatic heterocycles. The summed E-state index contributed by atoms with van der Waals surface area (Å²) >= 11 is 0. The van der Waals surface area contributed by atoms with Crippen LogP contribution in [0.2, 0.25) is 0 Å². The number of nitrogens with zero attached hydrogens (tertiary/aromatic N) is 1. The van der Waals surface area contributed by atoms with Gasteiger partial charge in [0, 0.05) is 23.9 Å². The third-order valence-corrected chi connectivity index (χ3v) is 4.97. The molecule has 1 amide bonds. The molecular weight excluding hydrogens is 352 g/mol. The third-order valence-electron chi connectivity index (χ3n) is 4.97. The van der Waals surface area contributed by atoms with Gasteiger partial charge in [0.25, 0.3) is 0 Å². The van der Waals surface area contributed by atoms with Crippen LogP contribution in [0, 0.1) is 0 Å². The lowest BCUT2D eigenvalue weighted by Crippen LogP contribution is -2.39. The summed E-state index contributed by atoms with van der Waals surface area (Å²) in [6.45, 7) is 2.48. The van der Waals surface area contributed by atoms with Crippen molar-refractivity contribution >= 4 is 22.4 Å². The monoisotopic (exact) mass is 378 g/mol. The molecule has 0 radical (unpaired) electrons. The van der Waals surface area contributed by atoms with E-state index in [1.165, 1.54) is 0 Å². The number of anilines is 1. The average Bonchev–Trinajstić information content (AvgIpc) is 2.73. The molecule has 0 aliphatic rings. The number of hydrogen-bond acceptors (Lipinski definition) is 4. The summed E-state index contributed by atoms with van der Waals surface area (Å²) in [6, 6.07) is 19.4. The van der Waals surface area contributed by atoms with Crippen molar-refractivity contribution in [3.05, 3.63) is 66.2 Å². The predicted octanol–water partition coefficient (Wildman–Crippen LogP) is 4.32. The van der Waals surface area contributed by atoms with Crippen LogP contribution in [-0.2, 0) is 11.3 Å². The highest BCUT2D eigenvalue weighted by Crippen LogP contribution is 2.26. The molecule has 0 heterocycles. The Morgan fingerprint density at radius 1 is 1.00 bits per heavy atom. The van der Waals surface area contributed by atoms with Gasteiger partial charge >= 0.3 is 0 Å². The fraction of sp³-hybridized carbons (Fsp3) is 0.261. The van der Waals surface area contributed by atoms with Gasteiger partial charge in [-0.1, -0.05) is 36.4 Å². The van der Waals surface area contributed by atoms with E-state index >= 15 is 0 Å². The van der Waals surface area contributed by atoms with Crippen LogP contribution in [0.3, 0.4) is 0 Å². The summed E-state index contributed by atoms with van der Waals surface area (Å²) in [5.74, 6) is 1.43. The van der Waals surface area contributed by atoms with Crippen molar-refractivity contribution in [2.24, 2.45) is 0 Å². The van der Waals surface area contributed by atoms with E-state index in [9.17, 15) is 4.79 Å². The van der Waals surface area contributed by atoms with Crippen molar-refractivity contribution in [1.82, 2.24) is 4.90 Å². The number of benzene rings is 3. The van der Waals surface area contributed by atoms with Crippen LogP contribution in [0.15, 0.2) is 60.7 Å². The molecule has 0 unspecified atom stereocenters. The van der Waals surface area contributed by atoms with Crippen LogP contribution < -0.4 is 14.8 Å². The highest BCUT2D eigenvalue weighted by molar-refractivity contribution is 5.97. The van der Waals surface area contributed by atoms with Crippen molar-refractivity contribution in [3.63, 3.8) is 0 Å². The minimum atomic E-state index is -0.307. The first-order valence-corrected chi connectivity index (χ1v) is 9.22. The second kappa shape index (κ2) is 8.76. The molecule has 28 heavy (non-hydrogen) atoms.